The molecule has 1 fully saturated rings. The molecule has 5 heteroatoms. The minimum atomic E-state index is 1.01. The molecule has 0 atom stereocenters. The highest BCUT2D eigenvalue weighted by Crippen LogP contribution is 2.44. The Labute approximate surface area is 157 Å². The van der Waals surface area contributed by atoms with E-state index in [1.54, 1.807) is 0 Å². The van der Waals surface area contributed by atoms with Crippen molar-refractivity contribution in [1.29, 1.82) is 0 Å². The molecule has 3 heterocycles. The van der Waals surface area contributed by atoms with Gasteiger partial charge >= 0.3 is 0 Å². The van der Waals surface area contributed by atoms with Gasteiger partial charge in [-0.05, 0) is 31.7 Å². The van der Waals surface area contributed by atoms with Gasteiger partial charge in [-0.15, -0.1) is 11.3 Å². The van der Waals surface area contributed by atoms with Crippen LogP contribution < -0.4 is 5.32 Å². The highest BCUT2D eigenvalue weighted by Gasteiger charge is 2.27. The van der Waals surface area contributed by atoms with Gasteiger partial charge in [0, 0.05) is 36.3 Å². The molecule has 1 aromatic heterocycles. The van der Waals surface area contributed by atoms with Crippen LogP contribution in [0, 0.1) is 6.92 Å². The van der Waals surface area contributed by atoms with Crippen molar-refractivity contribution in [2.24, 2.45) is 4.99 Å². The van der Waals surface area contributed by atoms with E-state index >= 15 is 0 Å². The van der Waals surface area contributed by atoms with Crippen molar-refractivity contribution in [2.75, 3.05) is 38.5 Å². The number of hydrogen-bond acceptors (Lipinski definition) is 5. The van der Waals surface area contributed by atoms with Gasteiger partial charge in [0.25, 0.3) is 0 Å². The normalized spacial score (nSPS) is 17.3. The number of aliphatic imine (C=N–C) groups is 1. The van der Waals surface area contributed by atoms with Crippen molar-refractivity contribution in [2.45, 2.75) is 6.92 Å². The molecule has 0 bridgehead atoms. The molecular formula is C21H22N4S. The zero-order valence-corrected chi connectivity index (χ0v) is 15.9. The molecule has 5 rings (SSSR count). The molecule has 3 aromatic rings. The lowest BCUT2D eigenvalue weighted by atomic mass is 10.1. The number of benzene rings is 2. The van der Waals surface area contributed by atoms with Crippen LogP contribution in [-0.4, -0.2) is 48.9 Å². The van der Waals surface area contributed by atoms with Crippen molar-refractivity contribution < 1.29 is 0 Å². The molecule has 26 heavy (non-hydrogen) atoms. The van der Waals surface area contributed by atoms with Crippen molar-refractivity contribution in [3.8, 4) is 0 Å². The van der Waals surface area contributed by atoms with E-state index in [0.717, 1.165) is 43.4 Å². The summed E-state index contributed by atoms with van der Waals surface area (Å²) >= 11 is 1.84. The Hall–Kier alpha value is -2.37. The van der Waals surface area contributed by atoms with Crippen LogP contribution in [0.25, 0.3) is 10.1 Å². The van der Waals surface area contributed by atoms with Gasteiger partial charge in [-0.3, -0.25) is 0 Å². The monoisotopic (exact) mass is 362 g/mol. The quantitative estimate of drug-likeness (QED) is 0.634. The second kappa shape index (κ2) is 6.11. The van der Waals surface area contributed by atoms with Crippen molar-refractivity contribution in [3.63, 3.8) is 0 Å². The first-order valence-corrected chi connectivity index (χ1v) is 9.93. The number of rotatable bonds is 0. The third-order valence-electron chi connectivity index (χ3n) is 5.32. The zero-order chi connectivity index (χ0) is 17.7. The lowest BCUT2D eigenvalue weighted by Crippen LogP contribution is -2.47. The Balaban J connectivity index is 1.74. The summed E-state index contributed by atoms with van der Waals surface area (Å²) in [6, 6.07) is 14.9. The van der Waals surface area contributed by atoms with Crippen LogP contribution in [0.1, 0.15) is 11.1 Å². The van der Waals surface area contributed by atoms with E-state index in [9.17, 15) is 0 Å². The molecule has 1 saturated heterocycles. The molecule has 132 valence electrons. The van der Waals surface area contributed by atoms with E-state index < -0.39 is 0 Å². The van der Waals surface area contributed by atoms with E-state index in [0.29, 0.717) is 0 Å². The van der Waals surface area contributed by atoms with E-state index in [1.807, 2.05) is 11.3 Å². The molecule has 0 aliphatic carbocycles. The zero-order valence-electron chi connectivity index (χ0n) is 15.1. The SMILES string of the molecule is Cc1cccc2c3c(sc12)Nc1ccccc1N=C3N1CCN(C)CC1. The molecule has 0 radical (unpaired) electrons. The highest BCUT2D eigenvalue weighted by molar-refractivity contribution is 7.23. The molecule has 2 aliphatic heterocycles. The second-order valence-electron chi connectivity index (χ2n) is 7.13. The van der Waals surface area contributed by atoms with Crippen molar-refractivity contribution in [1.82, 2.24) is 9.80 Å². The summed E-state index contributed by atoms with van der Waals surface area (Å²) in [6.45, 7) is 6.37. The number of likely N-dealkylation sites (N-methyl/N-ethyl adjacent to an activating group) is 1. The maximum absolute atomic E-state index is 5.15. The number of nitrogens with zero attached hydrogens (tertiary/aromatic N) is 3. The van der Waals surface area contributed by atoms with Crippen molar-refractivity contribution >= 4 is 43.6 Å². The third kappa shape index (κ3) is 2.50. The van der Waals surface area contributed by atoms with Crippen LogP contribution in [-0.2, 0) is 0 Å². The molecule has 0 amide bonds. The van der Waals surface area contributed by atoms with Gasteiger partial charge in [-0.25, -0.2) is 4.99 Å². The summed E-state index contributed by atoms with van der Waals surface area (Å²) in [6.07, 6.45) is 0. The van der Waals surface area contributed by atoms with E-state index in [4.69, 9.17) is 4.99 Å². The summed E-state index contributed by atoms with van der Waals surface area (Å²) in [5, 5.41) is 6.18. The van der Waals surface area contributed by atoms with Gasteiger partial charge in [0.05, 0.1) is 16.9 Å². The lowest BCUT2D eigenvalue weighted by Gasteiger charge is -2.34. The first-order valence-electron chi connectivity index (χ1n) is 9.11. The summed E-state index contributed by atoms with van der Waals surface area (Å²) in [5.74, 6) is 1.11. The van der Waals surface area contributed by atoms with Crippen molar-refractivity contribution in [3.05, 3.63) is 53.6 Å². The lowest BCUT2D eigenvalue weighted by molar-refractivity contribution is 0.216. The topological polar surface area (TPSA) is 30.9 Å². The Morgan fingerprint density at radius 1 is 1.00 bits per heavy atom. The number of hydrogen-bond donors (Lipinski definition) is 1. The minimum absolute atomic E-state index is 1.01. The van der Waals surface area contributed by atoms with Crippen LogP contribution in [0.4, 0.5) is 16.4 Å². The molecule has 0 unspecified atom stereocenters. The van der Waals surface area contributed by atoms with Gasteiger partial charge in [-0.2, -0.15) is 0 Å². The molecule has 0 saturated carbocycles. The summed E-state index contributed by atoms with van der Waals surface area (Å²) in [7, 11) is 2.19. The standard InChI is InChI=1S/C21H22N4S/c1-14-6-5-7-15-18-20(25-12-10-24(2)11-13-25)22-16-8-3-4-9-17(16)23-21(18)26-19(14)15/h3-9,23H,10-13H2,1-2H3. The Morgan fingerprint density at radius 3 is 2.65 bits per heavy atom. The average Bonchev–Trinajstić information content (AvgIpc) is 2.93. The smallest absolute Gasteiger partial charge is 0.140 e. The van der Waals surface area contributed by atoms with Gasteiger partial charge in [-0.1, -0.05) is 30.3 Å². The number of amidine groups is 1. The van der Waals surface area contributed by atoms with Crippen LogP contribution in [0.2, 0.25) is 0 Å². The number of aryl methyl sites for hydroxylation is 1. The Bertz CT molecular complexity index is 1010. The number of piperazine rings is 1. The largest absolute Gasteiger partial charge is 0.353 e. The summed E-state index contributed by atoms with van der Waals surface area (Å²) < 4.78 is 1.35. The number of anilines is 2. The maximum Gasteiger partial charge on any atom is 0.140 e. The highest BCUT2D eigenvalue weighted by atomic mass is 32.1. The van der Waals surface area contributed by atoms with Gasteiger partial charge in [0.15, 0.2) is 0 Å². The fourth-order valence-corrected chi connectivity index (χ4v) is 4.96. The van der Waals surface area contributed by atoms with Crippen LogP contribution >= 0.6 is 11.3 Å². The van der Waals surface area contributed by atoms with Crippen LogP contribution in [0.3, 0.4) is 0 Å². The molecule has 0 spiro atoms. The first kappa shape index (κ1) is 15.9. The molecule has 2 aliphatic rings. The predicted octanol–water partition coefficient (Wildman–Crippen LogP) is 4.59. The first-order chi connectivity index (χ1) is 12.7. The van der Waals surface area contributed by atoms with E-state index in [1.165, 1.54) is 26.2 Å². The summed E-state index contributed by atoms with van der Waals surface area (Å²) in [5.41, 5.74) is 4.69. The Morgan fingerprint density at radius 2 is 1.81 bits per heavy atom. The number of fused-ring (bicyclic) bond motifs is 4. The molecular weight excluding hydrogens is 340 g/mol. The number of para-hydroxylation sites is 2. The van der Waals surface area contributed by atoms with Gasteiger partial charge in [0.2, 0.25) is 0 Å². The number of nitrogens with one attached hydrogen (secondary N) is 1. The minimum Gasteiger partial charge on any atom is -0.353 e. The second-order valence-corrected chi connectivity index (χ2v) is 8.15. The molecule has 4 nitrogen and oxygen atoms in total. The van der Waals surface area contributed by atoms with Gasteiger partial charge in [0.1, 0.15) is 10.8 Å². The fraction of sp³-hybridized carbons (Fsp3) is 0.286. The van der Waals surface area contributed by atoms with E-state index in [-0.39, 0.29) is 0 Å². The molecule has 1 N–H and O–H groups in total. The van der Waals surface area contributed by atoms with E-state index in [2.05, 4.69) is 71.6 Å². The maximum atomic E-state index is 5.15. The van der Waals surface area contributed by atoms with Gasteiger partial charge < -0.3 is 15.1 Å². The fourth-order valence-electron chi connectivity index (χ4n) is 3.79. The summed E-state index contributed by atoms with van der Waals surface area (Å²) in [4.78, 5) is 9.99. The number of thiophene rings is 1. The Kier molecular flexibility index (Phi) is 3.72. The average molecular weight is 363 g/mol. The van der Waals surface area contributed by atoms with Crippen LogP contribution in [0.5, 0.6) is 0 Å². The van der Waals surface area contributed by atoms with Crippen LogP contribution in [0.15, 0.2) is 47.5 Å². The third-order valence-corrected chi connectivity index (χ3v) is 6.57. The molecule has 2 aromatic carbocycles. The predicted molar refractivity (Wildman–Crippen MR) is 112 cm³/mol.